The zero-order valence-electron chi connectivity index (χ0n) is 10.0. The number of amides is 1. The SMILES string of the molecule is O=C1NC(c2ccc(Cl)cc2)NC2=C1CCCC2. The molecule has 0 saturated carbocycles. The molecule has 3 rings (SSSR count). The van der Waals surface area contributed by atoms with Crippen molar-refractivity contribution in [2.45, 2.75) is 31.8 Å². The van der Waals surface area contributed by atoms with Gasteiger partial charge < -0.3 is 10.6 Å². The number of hydrogen-bond acceptors (Lipinski definition) is 2. The van der Waals surface area contributed by atoms with Gasteiger partial charge in [-0.05, 0) is 43.4 Å². The third-order valence-corrected chi connectivity index (χ3v) is 3.79. The lowest BCUT2D eigenvalue weighted by atomic mass is 9.93. The maximum absolute atomic E-state index is 12.0. The molecule has 0 fully saturated rings. The summed E-state index contributed by atoms with van der Waals surface area (Å²) in [6.07, 6.45) is 4.01. The summed E-state index contributed by atoms with van der Waals surface area (Å²) in [5.41, 5.74) is 3.08. The molecule has 0 bridgehead atoms. The molecule has 1 aromatic carbocycles. The first kappa shape index (κ1) is 11.6. The predicted molar refractivity (Wildman–Crippen MR) is 71.0 cm³/mol. The number of rotatable bonds is 1. The largest absolute Gasteiger partial charge is 0.365 e. The molecule has 0 saturated heterocycles. The Balaban J connectivity index is 1.87. The van der Waals surface area contributed by atoms with E-state index in [4.69, 9.17) is 11.6 Å². The van der Waals surface area contributed by atoms with Crippen LogP contribution in [0.2, 0.25) is 5.02 Å². The highest BCUT2D eigenvalue weighted by atomic mass is 35.5. The zero-order chi connectivity index (χ0) is 12.5. The number of allylic oxidation sites excluding steroid dienone is 1. The Morgan fingerprint density at radius 1 is 1.06 bits per heavy atom. The van der Waals surface area contributed by atoms with E-state index in [0.717, 1.165) is 42.5 Å². The fourth-order valence-corrected chi connectivity index (χ4v) is 2.69. The van der Waals surface area contributed by atoms with Gasteiger partial charge in [0.05, 0.1) is 0 Å². The van der Waals surface area contributed by atoms with Gasteiger partial charge in [-0.25, -0.2) is 0 Å². The summed E-state index contributed by atoms with van der Waals surface area (Å²) < 4.78 is 0. The molecule has 0 aromatic heterocycles. The van der Waals surface area contributed by atoms with E-state index in [1.807, 2.05) is 24.3 Å². The highest BCUT2D eigenvalue weighted by Crippen LogP contribution is 2.29. The van der Waals surface area contributed by atoms with Gasteiger partial charge in [-0.15, -0.1) is 0 Å². The van der Waals surface area contributed by atoms with Crippen LogP contribution in [0.3, 0.4) is 0 Å². The summed E-state index contributed by atoms with van der Waals surface area (Å²) in [6, 6.07) is 7.56. The second-order valence-electron chi connectivity index (χ2n) is 4.77. The van der Waals surface area contributed by atoms with Gasteiger partial charge in [0.25, 0.3) is 5.91 Å². The van der Waals surface area contributed by atoms with Crippen molar-refractivity contribution in [2.75, 3.05) is 0 Å². The molecule has 94 valence electrons. The molecule has 1 aliphatic heterocycles. The van der Waals surface area contributed by atoms with E-state index >= 15 is 0 Å². The van der Waals surface area contributed by atoms with Crippen LogP contribution in [0.5, 0.6) is 0 Å². The first-order valence-corrected chi connectivity index (χ1v) is 6.67. The van der Waals surface area contributed by atoms with Crippen molar-refractivity contribution < 1.29 is 4.79 Å². The lowest BCUT2D eigenvalue weighted by Crippen LogP contribution is -2.45. The molecule has 0 spiro atoms. The van der Waals surface area contributed by atoms with Crippen LogP contribution in [0, 0.1) is 0 Å². The molecule has 0 radical (unpaired) electrons. The lowest BCUT2D eigenvalue weighted by Gasteiger charge is -2.32. The topological polar surface area (TPSA) is 41.1 Å². The first-order chi connectivity index (χ1) is 8.74. The standard InChI is InChI=1S/C14H15ClN2O/c15-10-7-5-9(6-8-10)13-16-12-4-2-1-3-11(12)14(18)17-13/h5-8,13,16H,1-4H2,(H,17,18). The first-order valence-electron chi connectivity index (χ1n) is 6.29. The molecule has 2 N–H and O–H groups in total. The number of benzene rings is 1. The van der Waals surface area contributed by atoms with Gasteiger partial charge in [0, 0.05) is 16.3 Å². The van der Waals surface area contributed by atoms with Crippen LogP contribution in [0.15, 0.2) is 35.5 Å². The van der Waals surface area contributed by atoms with Gasteiger partial charge in [0.1, 0.15) is 6.17 Å². The molecule has 1 atom stereocenters. The van der Waals surface area contributed by atoms with E-state index in [9.17, 15) is 4.79 Å². The minimum Gasteiger partial charge on any atom is -0.365 e. The summed E-state index contributed by atoms with van der Waals surface area (Å²) in [6.45, 7) is 0. The monoisotopic (exact) mass is 262 g/mol. The number of halogens is 1. The highest BCUT2D eigenvalue weighted by molar-refractivity contribution is 6.30. The summed E-state index contributed by atoms with van der Waals surface area (Å²) >= 11 is 5.87. The molecule has 18 heavy (non-hydrogen) atoms. The van der Waals surface area contributed by atoms with E-state index in [2.05, 4.69) is 10.6 Å². The highest BCUT2D eigenvalue weighted by Gasteiger charge is 2.28. The van der Waals surface area contributed by atoms with Crippen molar-refractivity contribution in [1.29, 1.82) is 0 Å². The smallest absolute Gasteiger partial charge is 0.250 e. The van der Waals surface area contributed by atoms with E-state index < -0.39 is 0 Å². The van der Waals surface area contributed by atoms with Crippen LogP contribution in [-0.4, -0.2) is 5.91 Å². The van der Waals surface area contributed by atoms with E-state index in [0.29, 0.717) is 5.02 Å². The molecule has 1 aromatic rings. The molecular weight excluding hydrogens is 248 g/mol. The normalized spacial score (nSPS) is 23.2. The van der Waals surface area contributed by atoms with Crippen molar-refractivity contribution in [3.05, 3.63) is 46.1 Å². The Morgan fingerprint density at radius 2 is 1.78 bits per heavy atom. The Kier molecular flexibility index (Phi) is 3.00. The number of nitrogens with one attached hydrogen (secondary N) is 2. The van der Waals surface area contributed by atoms with E-state index in [1.54, 1.807) is 0 Å². The van der Waals surface area contributed by atoms with Gasteiger partial charge in [-0.1, -0.05) is 23.7 Å². The lowest BCUT2D eigenvalue weighted by molar-refractivity contribution is -0.119. The summed E-state index contributed by atoms with van der Waals surface area (Å²) in [5, 5.41) is 7.13. The predicted octanol–water partition coefficient (Wildman–Crippen LogP) is 2.89. The number of hydrogen-bond donors (Lipinski definition) is 2. The van der Waals surface area contributed by atoms with E-state index in [1.165, 1.54) is 0 Å². The number of carbonyl (C=O) groups is 1. The summed E-state index contributed by atoms with van der Waals surface area (Å²) in [5.74, 6) is 0.0726. The Hall–Kier alpha value is -1.48. The van der Waals surface area contributed by atoms with Crippen LogP contribution in [0.4, 0.5) is 0 Å². The third kappa shape index (κ3) is 2.10. The molecule has 2 aliphatic rings. The fourth-order valence-electron chi connectivity index (χ4n) is 2.57. The second kappa shape index (κ2) is 4.65. The van der Waals surface area contributed by atoms with Crippen LogP contribution in [0.25, 0.3) is 0 Å². The molecule has 1 aliphatic carbocycles. The van der Waals surface area contributed by atoms with E-state index in [-0.39, 0.29) is 12.1 Å². The fraction of sp³-hybridized carbons (Fsp3) is 0.357. The minimum absolute atomic E-state index is 0.0726. The molecule has 1 heterocycles. The van der Waals surface area contributed by atoms with Crippen molar-refractivity contribution in [3.63, 3.8) is 0 Å². The molecule has 4 heteroatoms. The minimum atomic E-state index is -0.133. The maximum Gasteiger partial charge on any atom is 0.250 e. The van der Waals surface area contributed by atoms with Crippen molar-refractivity contribution in [2.24, 2.45) is 0 Å². The average Bonchev–Trinajstić information content (AvgIpc) is 2.39. The summed E-state index contributed by atoms with van der Waals surface area (Å²) in [4.78, 5) is 12.0. The van der Waals surface area contributed by atoms with Crippen molar-refractivity contribution >= 4 is 17.5 Å². The van der Waals surface area contributed by atoms with Crippen LogP contribution >= 0.6 is 11.6 Å². The van der Waals surface area contributed by atoms with Crippen LogP contribution in [-0.2, 0) is 4.79 Å². The second-order valence-corrected chi connectivity index (χ2v) is 5.20. The van der Waals surface area contributed by atoms with Gasteiger partial charge in [-0.3, -0.25) is 4.79 Å². The Bertz CT molecular complexity index is 507. The van der Waals surface area contributed by atoms with Crippen molar-refractivity contribution in [1.82, 2.24) is 10.6 Å². The molecular formula is C14H15ClN2O. The molecule has 1 amide bonds. The Morgan fingerprint density at radius 3 is 2.56 bits per heavy atom. The molecule has 3 nitrogen and oxygen atoms in total. The quantitative estimate of drug-likeness (QED) is 0.817. The average molecular weight is 263 g/mol. The maximum atomic E-state index is 12.0. The summed E-state index contributed by atoms with van der Waals surface area (Å²) in [7, 11) is 0. The van der Waals surface area contributed by atoms with Gasteiger partial charge in [0.15, 0.2) is 0 Å². The Labute approximate surface area is 111 Å². The van der Waals surface area contributed by atoms with Gasteiger partial charge in [0.2, 0.25) is 0 Å². The molecule has 1 unspecified atom stereocenters. The van der Waals surface area contributed by atoms with Crippen LogP contribution < -0.4 is 10.6 Å². The number of carbonyl (C=O) groups excluding carboxylic acids is 1. The third-order valence-electron chi connectivity index (χ3n) is 3.54. The van der Waals surface area contributed by atoms with Crippen molar-refractivity contribution in [3.8, 4) is 0 Å². The van der Waals surface area contributed by atoms with Gasteiger partial charge >= 0.3 is 0 Å². The zero-order valence-corrected chi connectivity index (χ0v) is 10.8. The van der Waals surface area contributed by atoms with Gasteiger partial charge in [-0.2, -0.15) is 0 Å². The van der Waals surface area contributed by atoms with Crippen LogP contribution in [0.1, 0.15) is 37.4 Å².